The van der Waals surface area contributed by atoms with E-state index in [0.29, 0.717) is 43.1 Å². The van der Waals surface area contributed by atoms with Crippen LogP contribution in [0.4, 0.5) is 0 Å². The smallest absolute Gasteiger partial charge is 0.255 e. The van der Waals surface area contributed by atoms with Gasteiger partial charge in [0.05, 0.1) is 16.1 Å². The van der Waals surface area contributed by atoms with Gasteiger partial charge in [0.1, 0.15) is 23.0 Å². The molecule has 0 saturated carbocycles. The molecule has 3 aromatic rings. The van der Waals surface area contributed by atoms with Gasteiger partial charge in [-0.3, -0.25) is 9.78 Å². The first-order valence-electron chi connectivity index (χ1n) is 10.1. The van der Waals surface area contributed by atoms with Crippen LogP contribution in [0.5, 0.6) is 5.75 Å². The zero-order valence-electron chi connectivity index (χ0n) is 17.0. The van der Waals surface area contributed by atoms with Crippen LogP contribution in [-0.2, 0) is 12.2 Å². The maximum Gasteiger partial charge on any atom is 0.255 e. The van der Waals surface area contributed by atoms with Crippen molar-refractivity contribution in [3.05, 3.63) is 76.0 Å². The summed E-state index contributed by atoms with van der Waals surface area (Å²) in [5, 5.41) is 12.1. The minimum atomic E-state index is -1.02. The number of benzene rings is 1. The van der Waals surface area contributed by atoms with Crippen LogP contribution < -0.4 is 4.74 Å². The van der Waals surface area contributed by atoms with Gasteiger partial charge in [-0.05, 0) is 44.0 Å². The van der Waals surface area contributed by atoms with E-state index in [-0.39, 0.29) is 5.91 Å². The number of amides is 1. The number of aryl methyl sites for hydroxylation is 1. The Kier molecular flexibility index (Phi) is 6.11. The zero-order chi connectivity index (χ0) is 21.0. The van der Waals surface area contributed by atoms with Crippen LogP contribution in [0.3, 0.4) is 0 Å². The van der Waals surface area contributed by atoms with Crippen LogP contribution in [0.25, 0.3) is 0 Å². The average molecular weight is 424 g/mol. The number of nitrogens with zero attached hydrogens (tertiary/aromatic N) is 3. The summed E-state index contributed by atoms with van der Waals surface area (Å²) in [6.45, 7) is 3.47. The molecule has 1 fully saturated rings. The Bertz CT molecular complexity index is 993. The first-order valence-corrected chi connectivity index (χ1v) is 10.9. The topological polar surface area (TPSA) is 75.6 Å². The van der Waals surface area contributed by atoms with Crippen LogP contribution in [0.2, 0.25) is 0 Å². The van der Waals surface area contributed by atoms with E-state index in [2.05, 4.69) is 9.97 Å². The monoisotopic (exact) mass is 423 g/mol. The van der Waals surface area contributed by atoms with Gasteiger partial charge in [0.15, 0.2) is 0 Å². The first-order chi connectivity index (χ1) is 14.5. The van der Waals surface area contributed by atoms with E-state index in [4.69, 9.17) is 4.74 Å². The summed E-state index contributed by atoms with van der Waals surface area (Å²) in [6, 6.07) is 13.2. The summed E-state index contributed by atoms with van der Waals surface area (Å²) >= 11 is 1.50. The SMILES string of the molecule is Cc1nc([C@]2(O)CCCN(C(=O)c3cccnc3)CC2)sc1COc1ccccc1. The molecule has 1 N–H and O–H groups in total. The molecule has 6 nitrogen and oxygen atoms in total. The van der Waals surface area contributed by atoms with Crippen molar-refractivity contribution in [3.8, 4) is 5.75 Å². The predicted molar refractivity (Wildman–Crippen MR) is 116 cm³/mol. The van der Waals surface area contributed by atoms with Crippen molar-refractivity contribution < 1.29 is 14.6 Å². The number of para-hydroxylation sites is 1. The molecule has 7 heteroatoms. The summed E-state index contributed by atoms with van der Waals surface area (Å²) in [5.41, 5.74) is 0.435. The number of ether oxygens (including phenoxy) is 1. The van der Waals surface area contributed by atoms with Gasteiger partial charge in [-0.15, -0.1) is 11.3 Å². The highest BCUT2D eigenvalue weighted by atomic mass is 32.1. The molecular formula is C23H25N3O3S. The minimum Gasteiger partial charge on any atom is -0.488 e. The number of carbonyl (C=O) groups excluding carboxylic acids is 1. The summed E-state index contributed by atoms with van der Waals surface area (Å²) in [4.78, 5) is 24.3. The lowest BCUT2D eigenvalue weighted by molar-refractivity contribution is 0.0209. The number of carbonyl (C=O) groups is 1. The van der Waals surface area contributed by atoms with Gasteiger partial charge in [-0.1, -0.05) is 18.2 Å². The number of pyridine rings is 1. The fourth-order valence-corrected chi connectivity index (χ4v) is 4.76. The zero-order valence-corrected chi connectivity index (χ0v) is 17.8. The number of likely N-dealkylation sites (tertiary alicyclic amines) is 1. The second kappa shape index (κ2) is 8.93. The Morgan fingerprint density at radius 3 is 2.80 bits per heavy atom. The van der Waals surface area contributed by atoms with E-state index in [1.165, 1.54) is 11.3 Å². The largest absolute Gasteiger partial charge is 0.488 e. The molecule has 30 heavy (non-hydrogen) atoms. The molecule has 3 heterocycles. The quantitative estimate of drug-likeness (QED) is 0.673. The molecule has 0 aliphatic carbocycles. The summed E-state index contributed by atoms with van der Waals surface area (Å²) < 4.78 is 5.86. The summed E-state index contributed by atoms with van der Waals surface area (Å²) in [5.74, 6) is 0.768. The maximum absolute atomic E-state index is 12.8. The van der Waals surface area contributed by atoms with Crippen LogP contribution in [0.1, 0.15) is 45.2 Å². The third-order valence-electron chi connectivity index (χ3n) is 5.41. The molecule has 2 aromatic heterocycles. The fourth-order valence-electron chi connectivity index (χ4n) is 3.63. The van der Waals surface area contributed by atoms with Crippen LogP contribution in [0, 0.1) is 6.92 Å². The lowest BCUT2D eigenvalue weighted by Gasteiger charge is -2.24. The Labute approximate surface area is 180 Å². The van der Waals surface area contributed by atoms with Crippen molar-refractivity contribution in [2.24, 2.45) is 0 Å². The first kappa shape index (κ1) is 20.5. The van der Waals surface area contributed by atoms with Gasteiger partial charge < -0.3 is 14.7 Å². The lowest BCUT2D eigenvalue weighted by Crippen LogP contribution is -2.33. The third-order valence-corrected chi connectivity index (χ3v) is 6.74. The van der Waals surface area contributed by atoms with E-state index in [1.54, 1.807) is 29.4 Å². The van der Waals surface area contributed by atoms with Crippen molar-refractivity contribution >= 4 is 17.2 Å². The highest BCUT2D eigenvalue weighted by molar-refractivity contribution is 7.11. The molecule has 1 aliphatic heterocycles. The molecular weight excluding hydrogens is 398 g/mol. The highest BCUT2D eigenvalue weighted by Crippen LogP contribution is 2.37. The minimum absolute atomic E-state index is 0.0420. The molecule has 1 aromatic carbocycles. The Balaban J connectivity index is 1.44. The fraction of sp³-hybridized carbons (Fsp3) is 0.348. The molecule has 0 radical (unpaired) electrons. The number of aliphatic hydroxyl groups is 1. The number of aromatic nitrogens is 2. The Morgan fingerprint density at radius 2 is 2.03 bits per heavy atom. The van der Waals surface area contributed by atoms with Gasteiger partial charge in [-0.2, -0.15) is 0 Å². The van der Waals surface area contributed by atoms with Gasteiger partial charge in [0.2, 0.25) is 0 Å². The predicted octanol–water partition coefficient (Wildman–Crippen LogP) is 3.94. The number of hydrogen-bond donors (Lipinski definition) is 1. The van der Waals surface area contributed by atoms with Gasteiger partial charge in [-0.25, -0.2) is 4.98 Å². The van der Waals surface area contributed by atoms with E-state index in [1.807, 2.05) is 37.3 Å². The maximum atomic E-state index is 12.8. The molecule has 4 rings (SSSR count). The second-order valence-electron chi connectivity index (χ2n) is 7.55. The third kappa shape index (κ3) is 4.52. The molecule has 1 amide bonds. The van der Waals surface area contributed by atoms with E-state index in [0.717, 1.165) is 22.7 Å². The summed E-state index contributed by atoms with van der Waals surface area (Å²) in [7, 11) is 0. The number of hydrogen-bond acceptors (Lipinski definition) is 6. The van der Waals surface area contributed by atoms with Crippen LogP contribution in [0.15, 0.2) is 54.9 Å². The van der Waals surface area contributed by atoms with E-state index >= 15 is 0 Å². The van der Waals surface area contributed by atoms with Gasteiger partial charge in [0.25, 0.3) is 5.91 Å². The standard InChI is InChI=1S/C23H25N3O3S/c1-17-20(16-29-19-8-3-2-4-9-19)30-22(25-17)23(28)10-6-13-26(14-11-23)21(27)18-7-5-12-24-15-18/h2-5,7-9,12,15,28H,6,10-11,13-14,16H2,1H3/t23-/m0/s1. The molecule has 1 saturated heterocycles. The molecule has 0 bridgehead atoms. The van der Waals surface area contributed by atoms with Crippen molar-refractivity contribution in [1.29, 1.82) is 0 Å². The van der Waals surface area contributed by atoms with Crippen LogP contribution >= 0.6 is 11.3 Å². The lowest BCUT2D eigenvalue weighted by atomic mass is 9.96. The molecule has 0 spiro atoms. The Morgan fingerprint density at radius 1 is 1.20 bits per heavy atom. The van der Waals surface area contributed by atoms with Gasteiger partial charge >= 0.3 is 0 Å². The Hall–Kier alpha value is -2.77. The number of rotatable bonds is 5. The van der Waals surface area contributed by atoms with E-state index < -0.39 is 5.60 Å². The molecule has 1 aliphatic rings. The van der Waals surface area contributed by atoms with Crippen LogP contribution in [-0.4, -0.2) is 39.0 Å². The van der Waals surface area contributed by atoms with Crippen molar-refractivity contribution in [2.45, 2.75) is 38.4 Å². The van der Waals surface area contributed by atoms with E-state index in [9.17, 15) is 9.90 Å². The highest BCUT2D eigenvalue weighted by Gasteiger charge is 2.36. The van der Waals surface area contributed by atoms with Crippen molar-refractivity contribution in [3.63, 3.8) is 0 Å². The van der Waals surface area contributed by atoms with Crippen molar-refractivity contribution in [1.82, 2.24) is 14.9 Å². The molecule has 1 atom stereocenters. The van der Waals surface area contributed by atoms with Gasteiger partial charge in [0, 0.05) is 31.9 Å². The summed E-state index contributed by atoms with van der Waals surface area (Å²) in [6.07, 6.45) is 5.00. The van der Waals surface area contributed by atoms with Crippen molar-refractivity contribution in [2.75, 3.05) is 13.1 Å². The number of thiazole rings is 1. The average Bonchev–Trinajstić information content (AvgIpc) is 3.04. The molecule has 156 valence electrons. The normalized spacial score (nSPS) is 19.3. The molecule has 0 unspecified atom stereocenters. The second-order valence-corrected chi connectivity index (χ2v) is 8.63.